The molecule has 0 atom stereocenters. The number of fused-ring (bicyclic) bond motifs is 1. The van der Waals surface area contributed by atoms with E-state index in [1.807, 2.05) is 6.92 Å². The first-order valence-electron chi connectivity index (χ1n) is 6.02. The van der Waals surface area contributed by atoms with Crippen LogP contribution in [0.25, 0.3) is 10.8 Å². The van der Waals surface area contributed by atoms with Gasteiger partial charge in [0.2, 0.25) is 0 Å². The van der Waals surface area contributed by atoms with Gasteiger partial charge in [-0.15, -0.1) is 0 Å². The minimum atomic E-state index is -0.469. The molecule has 1 aromatic heterocycles. The lowest BCUT2D eigenvalue weighted by atomic mass is 10.1. The van der Waals surface area contributed by atoms with Crippen LogP contribution in [0, 0.1) is 0 Å². The zero-order chi connectivity index (χ0) is 13.8. The van der Waals surface area contributed by atoms with Crippen LogP contribution in [0.4, 0.5) is 0 Å². The molecule has 0 aliphatic carbocycles. The topological polar surface area (TPSA) is 73.2 Å². The van der Waals surface area contributed by atoms with E-state index in [2.05, 4.69) is 15.4 Å². The van der Waals surface area contributed by atoms with Gasteiger partial charge in [0.1, 0.15) is 0 Å². The Hall–Kier alpha value is -2.21. The maximum Gasteiger partial charge on any atom is 0.295 e. The molecule has 0 saturated carbocycles. The summed E-state index contributed by atoms with van der Waals surface area (Å²) in [4.78, 5) is 28.7. The van der Waals surface area contributed by atoms with Gasteiger partial charge in [0, 0.05) is 11.9 Å². The molecular formula is C13H15N3O3. The summed E-state index contributed by atoms with van der Waals surface area (Å²) in [5.41, 5.74) is 2.22. The van der Waals surface area contributed by atoms with Crippen molar-refractivity contribution in [3.63, 3.8) is 0 Å². The molecule has 2 rings (SSSR count). The van der Waals surface area contributed by atoms with Crippen molar-refractivity contribution in [1.82, 2.24) is 15.3 Å². The molecule has 6 heteroatoms. The van der Waals surface area contributed by atoms with Crippen LogP contribution < -0.4 is 11.0 Å². The molecule has 0 fully saturated rings. The van der Waals surface area contributed by atoms with Crippen molar-refractivity contribution in [2.24, 2.45) is 0 Å². The molecular weight excluding hydrogens is 246 g/mol. The van der Waals surface area contributed by atoms with Gasteiger partial charge in [-0.25, -0.2) is 10.2 Å². The lowest BCUT2D eigenvalue weighted by molar-refractivity contribution is 0.0532. The quantitative estimate of drug-likeness (QED) is 0.836. The normalized spacial score (nSPS) is 10.6. The fraction of sp³-hybridized carbons (Fsp3) is 0.308. The standard InChI is InChI=1S/C13H15N3O3/c1-3-8-16-13(18)10-7-5-4-6-9(10)11(14-16)12(17)15-19-2/h4-7H,3,8H2,1-2H3,(H,15,17). The molecule has 1 heterocycles. The predicted molar refractivity (Wildman–Crippen MR) is 70.8 cm³/mol. The summed E-state index contributed by atoms with van der Waals surface area (Å²) >= 11 is 0. The molecule has 1 amide bonds. The van der Waals surface area contributed by atoms with E-state index in [-0.39, 0.29) is 11.3 Å². The average Bonchev–Trinajstić information content (AvgIpc) is 2.42. The van der Waals surface area contributed by atoms with E-state index in [0.717, 1.165) is 6.42 Å². The van der Waals surface area contributed by atoms with Crippen LogP contribution in [-0.2, 0) is 11.4 Å². The summed E-state index contributed by atoms with van der Waals surface area (Å²) in [6.45, 7) is 2.41. The van der Waals surface area contributed by atoms with Gasteiger partial charge in [-0.3, -0.25) is 14.4 Å². The van der Waals surface area contributed by atoms with Gasteiger partial charge in [0.15, 0.2) is 5.69 Å². The Kier molecular flexibility index (Phi) is 3.91. The summed E-state index contributed by atoms with van der Waals surface area (Å²) in [6, 6.07) is 6.91. The Labute approximate surface area is 109 Å². The van der Waals surface area contributed by atoms with E-state index in [1.165, 1.54) is 11.8 Å². The third kappa shape index (κ3) is 2.48. The molecule has 0 aliphatic rings. The molecule has 1 aromatic carbocycles. The number of benzene rings is 1. The monoisotopic (exact) mass is 261 g/mol. The van der Waals surface area contributed by atoms with Gasteiger partial charge in [0.05, 0.1) is 12.5 Å². The van der Waals surface area contributed by atoms with Gasteiger partial charge < -0.3 is 0 Å². The highest BCUT2D eigenvalue weighted by molar-refractivity contribution is 6.04. The molecule has 100 valence electrons. The summed E-state index contributed by atoms with van der Waals surface area (Å²) in [7, 11) is 1.35. The van der Waals surface area contributed by atoms with Crippen molar-refractivity contribution in [2.45, 2.75) is 19.9 Å². The molecule has 2 aromatic rings. The molecule has 0 aliphatic heterocycles. The first kappa shape index (κ1) is 13.2. The fourth-order valence-corrected chi connectivity index (χ4v) is 1.91. The highest BCUT2D eigenvalue weighted by Gasteiger charge is 2.15. The smallest absolute Gasteiger partial charge is 0.277 e. The Bertz CT molecular complexity index is 664. The van der Waals surface area contributed by atoms with E-state index in [4.69, 9.17) is 0 Å². The van der Waals surface area contributed by atoms with Crippen molar-refractivity contribution in [3.05, 3.63) is 40.3 Å². The van der Waals surface area contributed by atoms with Crippen LogP contribution in [0.3, 0.4) is 0 Å². The zero-order valence-corrected chi connectivity index (χ0v) is 10.8. The van der Waals surface area contributed by atoms with Crippen molar-refractivity contribution in [1.29, 1.82) is 0 Å². The second kappa shape index (κ2) is 5.62. The zero-order valence-electron chi connectivity index (χ0n) is 10.8. The molecule has 1 N–H and O–H groups in total. The highest BCUT2D eigenvalue weighted by Crippen LogP contribution is 2.13. The molecule has 6 nitrogen and oxygen atoms in total. The van der Waals surface area contributed by atoms with Crippen LogP contribution in [0.1, 0.15) is 23.8 Å². The highest BCUT2D eigenvalue weighted by atomic mass is 16.6. The second-order valence-corrected chi connectivity index (χ2v) is 4.06. The van der Waals surface area contributed by atoms with Crippen LogP contribution >= 0.6 is 0 Å². The van der Waals surface area contributed by atoms with E-state index < -0.39 is 5.91 Å². The third-order valence-electron chi connectivity index (χ3n) is 2.71. The summed E-state index contributed by atoms with van der Waals surface area (Å²) in [5, 5.41) is 5.12. The number of aromatic nitrogens is 2. The Balaban J connectivity index is 2.71. The third-order valence-corrected chi connectivity index (χ3v) is 2.71. The number of amides is 1. The first-order valence-corrected chi connectivity index (χ1v) is 6.02. The number of hydrogen-bond acceptors (Lipinski definition) is 4. The molecule has 0 unspecified atom stereocenters. The number of hydroxylamine groups is 1. The van der Waals surface area contributed by atoms with Crippen LogP contribution in [-0.4, -0.2) is 22.8 Å². The number of hydrogen-bond donors (Lipinski definition) is 1. The summed E-state index contributed by atoms with van der Waals surface area (Å²) in [5.74, 6) is -0.469. The largest absolute Gasteiger partial charge is 0.295 e. The number of rotatable bonds is 4. The van der Waals surface area contributed by atoms with Gasteiger partial charge in [-0.2, -0.15) is 5.10 Å². The van der Waals surface area contributed by atoms with Gasteiger partial charge in [-0.05, 0) is 12.5 Å². The molecule has 0 spiro atoms. The number of carbonyl (C=O) groups is 1. The van der Waals surface area contributed by atoms with E-state index >= 15 is 0 Å². The maximum atomic E-state index is 12.2. The van der Waals surface area contributed by atoms with Crippen molar-refractivity contribution < 1.29 is 9.63 Å². The lowest BCUT2D eigenvalue weighted by Crippen LogP contribution is -2.30. The Morgan fingerprint density at radius 3 is 2.68 bits per heavy atom. The number of nitrogens with one attached hydrogen (secondary N) is 1. The van der Waals surface area contributed by atoms with E-state index in [1.54, 1.807) is 24.3 Å². The first-order chi connectivity index (χ1) is 9.19. The maximum absolute atomic E-state index is 12.2. The minimum Gasteiger partial charge on any atom is -0.277 e. The Morgan fingerprint density at radius 2 is 2.05 bits per heavy atom. The minimum absolute atomic E-state index is 0.186. The van der Waals surface area contributed by atoms with Crippen molar-refractivity contribution in [2.75, 3.05) is 7.11 Å². The van der Waals surface area contributed by atoms with Gasteiger partial charge in [0.25, 0.3) is 11.5 Å². The molecule has 0 radical (unpaired) electrons. The second-order valence-electron chi connectivity index (χ2n) is 4.06. The van der Waals surface area contributed by atoms with Gasteiger partial charge >= 0.3 is 0 Å². The number of aryl methyl sites for hydroxylation is 1. The molecule has 19 heavy (non-hydrogen) atoms. The van der Waals surface area contributed by atoms with Crippen molar-refractivity contribution >= 4 is 16.7 Å². The van der Waals surface area contributed by atoms with Crippen molar-refractivity contribution in [3.8, 4) is 0 Å². The predicted octanol–water partition coefficient (Wildman–Crippen LogP) is 1.10. The fourth-order valence-electron chi connectivity index (χ4n) is 1.91. The van der Waals surface area contributed by atoms with E-state index in [0.29, 0.717) is 17.3 Å². The SMILES string of the molecule is CCCn1nc(C(=O)NOC)c2ccccc2c1=O. The van der Waals surface area contributed by atoms with Crippen LogP contribution in [0.5, 0.6) is 0 Å². The van der Waals surface area contributed by atoms with Crippen LogP contribution in [0.2, 0.25) is 0 Å². The Morgan fingerprint density at radius 1 is 1.37 bits per heavy atom. The number of nitrogens with zero attached hydrogens (tertiary/aromatic N) is 2. The molecule has 0 saturated heterocycles. The van der Waals surface area contributed by atoms with Crippen LogP contribution in [0.15, 0.2) is 29.1 Å². The molecule has 0 bridgehead atoms. The average molecular weight is 261 g/mol. The number of carbonyl (C=O) groups excluding carboxylic acids is 1. The summed E-state index contributed by atoms with van der Waals surface area (Å²) in [6.07, 6.45) is 0.760. The summed E-state index contributed by atoms with van der Waals surface area (Å²) < 4.78 is 1.31. The van der Waals surface area contributed by atoms with E-state index in [9.17, 15) is 9.59 Å². The lowest BCUT2D eigenvalue weighted by Gasteiger charge is -2.09. The van der Waals surface area contributed by atoms with Gasteiger partial charge in [-0.1, -0.05) is 25.1 Å².